The average molecular weight is 561 g/mol. The molecule has 0 amide bonds. The van der Waals surface area contributed by atoms with Gasteiger partial charge in [0.05, 0.1) is 12.3 Å². The van der Waals surface area contributed by atoms with Crippen molar-refractivity contribution in [3.8, 4) is 22.8 Å². The van der Waals surface area contributed by atoms with E-state index in [0.717, 1.165) is 63.6 Å². The summed E-state index contributed by atoms with van der Waals surface area (Å²) in [6.07, 6.45) is 3.02. The first-order valence-corrected chi connectivity index (χ1v) is 15.5. The molecule has 42 heavy (non-hydrogen) atoms. The number of aromatic nitrogens is 1. The Bertz CT molecular complexity index is 2000. The van der Waals surface area contributed by atoms with E-state index in [4.69, 9.17) is 4.74 Å². The van der Waals surface area contributed by atoms with Crippen molar-refractivity contribution in [1.29, 1.82) is 0 Å². The maximum atomic E-state index is 9.23. The molecule has 218 valence electrons. The Morgan fingerprint density at radius 2 is 1.31 bits per heavy atom. The minimum absolute atomic E-state index is 0.0413. The lowest BCUT2D eigenvalue weighted by molar-refractivity contribution is -0.659. The van der Waals surface area contributed by atoms with Gasteiger partial charge in [0.25, 0.3) is 0 Å². The van der Waals surface area contributed by atoms with Gasteiger partial charge < -0.3 is 4.74 Å². The molecule has 5 aromatic rings. The Hall–Kier alpha value is -3.39. The molecule has 0 spiro atoms. The predicted molar refractivity (Wildman–Crippen MR) is 180 cm³/mol. The summed E-state index contributed by atoms with van der Waals surface area (Å²) < 4.78 is 27.4. The molecule has 0 saturated heterocycles. The monoisotopic (exact) mass is 560 g/mol. The summed E-state index contributed by atoms with van der Waals surface area (Å²) in [5.74, 6) is 1.68. The third kappa shape index (κ3) is 5.19. The molecular weight excluding hydrogens is 510 g/mol. The molecule has 0 saturated carbocycles. The van der Waals surface area contributed by atoms with Gasteiger partial charge in [0, 0.05) is 17.0 Å². The van der Waals surface area contributed by atoms with E-state index in [1.165, 1.54) is 33.0 Å². The van der Waals surface area contributed by atoms with E-state index in [1.807, 2.05) is 11.6 Å². The van der Waals surface area contributed by atoms with Gasteiger partial charge >= 0.3 is 0 Å². The minimum Gasteiger partial charge on any atom is -0.455 e. The second-order valence-corrected chi connectivity index (χ2v) is 16.3. The lowest BCUT2D eigenvalue weighted by Gasteiger charge is -2.29. The van der Waals surface area contributed by atoms with Gasteiger partial charge in [-0.2, -0.15) is 0 Å². The summed E-state index contributed by atoms with van der Waals surface area (Å²) in [5, 5.41) is 6.32. The van der Waals surface area contributed by atoms with Gasteiger partial charge in [0.15, 0.2) is 6.17 Å². The quantitative estimate of drug-likeness (QED) is 0.155. The summed E-state index contributed by atoms with van der Waals surface area (Å²) in [6.45, 7) is 22.7. The molecule has 0 fully saturated rings. The zero-order valence-electron chi connectivity index (χ0n) is 29.5. The van der Waals surface area contributed by atoms with Crippen molar-refractivity contribution in [2.45, 2.75) is 88.5 Å². The maximum Gasteiger partial charge on any atom is 0.228 e. The number of benzene rings is 4. The SMILES string of the molecule is [2H]c1c([2H])[n+](C)c2c3c(cc4ccc(CC(C)(C)C)cc4c13)Oc1c-2c(C)c2cc(CC(C)(C)C)ccc2c1CC(C)(C)C. The van der Waals surface area contributed by atoms with Crippen molar-refractivity contribution in [2.75, 3.05) is 0 Å². The smallest absolute Gasteiger partial charge is 0.228 e. The molecule has 1 aliphatic heterocycles. The topological polar surface area (TPSA) is 13.1 Å². The van der Waals surface area contributed by atoms with Crippen LogP contribution >= 0.6 is 0 Å². The van der Waals surface area contributed by atoms with Crippen LogP contribution in [0.15, 0.2) is 54.7 Å². The number of hydrogen-bond donors (Lipinski definition) is 0. The van der Waals surface area contributed by atoms with Gasteiger partial charge in [-0.1, -0.05) is 98.7 Å². The first kappa shape index (κ1) is 26.3. The number of nitrogens with zero attached hydrogens (tertiary/aromatic N) is 1. The summed E-state index contributed by atoms with van der Waals surface area (Å²) in [6, 6.07) is 16.0. The van der Waals surface area contributed by atoms with Crippen LogP contribution in [0.4, 0.5) is 0 Å². The Kier molecular flexibility index (Phi) is 5.98. The van der Waals surface area contributed by atoms with Gasteiger partial charge in [-0.25, -0.2) is 4.57 Å². The second kappa shape index (κ2) is 9.56. The van der Waals surface area contributed by atoms with Gasteiger partial charge in [-0.05, 0) is 86.7 Å². The second-order valence-electron chi connectivity index (χ2n) is 16.3. The Labute approximate surface area is 255 Å². The molecule has 1 aliphatic rings. The van der Waals surface area contributed by atoms with Crippen LogP contribution in [0.5, 0.6) is 11.5 Å². The lowest BCUT2D eigenvalue weighted by atomic mass is 9.80. The van der Waals surface area contributed by atoms with E-state index in [2.05, 4.69) is 112 Å². The molecule has 0 bridgehead atoms. The van der Waals surface area contributed by atoms with Gasteiger partial charge in [-0.3, -0.25) is 0 Å². The van der Waals surface area contributed by atoms with E-state index >= 15 is 0 Å². The predicted octanol–water partition coefficient (Wildman–Crippen LogP) is 10.8. The third-order valence-corrected chi connectivity index (χ3v) is 8.40. The fourth-order valence-electron chi connectivity index (χ4n) is 6.92. The number of pyridine rings is 1. The molecule has 2 nitrogen and oxygen atoms in total. The van der Waals surface area contributed by atoms with Crippen molar-refractivity contribution in [1.82, 2.24) is 0 Å². The highest BCUT2D eigenvalue weighted by Crippen LogP contribution is 2.53. The molecule has 2 heteroatoms. The van der Waals surface area contributed by atoms with E-state index in [9.17, 15) is 2.74 Å². The minimum atomic E-state index is 0.0413. The van der Waals surface area contributed by atoms with Crippen LogP contribution in [0, 0.1) is 23.2 Å². The zero-order valence-corrected chi connectivity index (χ0v) is 27.5. The molecule has 0 unspecified atom stereocenters. The molecule has 0 aliphatic carbocycles. The van der Waals surface area contributed by atoms with Crippen LogP contribution in [0.1, 0.15) is 87.3 Å². The van der Waals surface area contributed by atoms with E-state index in [-0.39, 0.29) is 28.5 Å². The molecule has 0 N–H and O–H groups in total. The van der Waals surface area contributed by atoms with Crippen LogP contribution in [-0.2, 0) is 26.3 Å². The number of hydrogen-bond acceptors (Lipinski definition) is 1. The van der Waals surface area contributed by atoms with E-state index in [0.29, 0.717) is 0 Å². The maximum absolute atomic E-state index is 9.23. The fraction of sp³-hybridized carbons (Fsp3) is 0.425. The summed E-state index contributed by atoms with van der Waals surface area (Å²) in [4.78, 5) is 0. The Balaban J connectivity index is 1.76. The molecule has 0 radical (unpaired) electrons. The highest BCUT2D eigenvalue weighted by atomic mass is 16.5. The lowest BCUT2D eigenvalue weighted by Crippen LogP contribution is -2.32. The van der Waals surface area contributed by atoms with Gasteiger partial charge in [0.2, 0.25) is 5.69 Å². The standard InChI is InChI=1S/C40H48NO/c1-24-30-18-26(22-39(5,6)7)13-15-28(30)32(23-40(8,9)10)37-34(24)36-35-29(16-17-41(36)11)31-19-25(21-38(2,3)4)12-14-27(31)20-33(35)42-37/h12-20H,21-23H2,1-11H3/q+1/i16D,17D. The van der Waals surface area contributed by atoms with E-state index in [1.54, 1.807) is 0 Å². The Morgan fingerprint density at radius 1 is 0.714 bits per heavy atom. The van der Waals surface area contributed by atoms with Crippen LogP contribution in [0.25, 0.3) is 43.6 Å². The Morgan fingerprint density at radius 3 is 1.93 bits per heavy atom. The molecule has 2 heterocycles. The first-order valence-electron chi connectivity index (χ1n) is 16.5. The molecule has 1 aromatic heterocycles. The van der Waals surface area contributed by atoms with Crippen LogP contribution in [-0.4, -0.2) is 0 Å². The van der Waals surface area contributed by atoms with Crippen LogP contribution in [0.3, 0.4) is 0 Å². The highest BCUT2D eigenvalue weighted by Gasteiger charge is 2.34. The van der Waals surface area contributed by atoms with Gasteiger partial charge in [-0.15, -0.1) is 0 Å². The summed E-state index contributed by atoms with van der Waals surface area (Å²) >= 11 is 0. The molecule has 6 rings (SSSR count). The summed E-state index contributed by atoms with van der Waals surface area (Å²) in [5.41, 5.74) is 7.38. The third-order valence-electron chi connectivity index (χ3n) is 8.40. The average Bonchev–Trinajstić information content (AvgIpc) is 2.89. The van der Waals surface area contributed by atoms with Crippen molar-refractivity contribution in [3.63, 3.8) is 0 Å². The van der Waals surface area contributed by atoms with Gasteiger partial charge in [0.1, 0.15) is 19.9 Å². The number of fused-ring (bicyclic) bond motifs is 5. The van der Waals surface area contributed by atoms with Crippen molar-refractivity contribution >= 4 is 32.3 Å². The number of rotatable bonds is 3. The normalized spacial score (nSPS) is 14.3. The van der Waals surface area contributed by atoms with Crippen molar-refractivity contribution < 1.29 is 12.0 Å². The van der Waals surface area contributed by atoms with Crippen LogP contribution < -0.4 is 9.30 Å². The number of aryl methyl sites for hydroxylation is 1. The largest absolute Gasteiger partial charge is 0.455 e. The molecular formula is C40H48NO+. The first-order chi connectivity index (χ1) is 20.3. The zero-order chi connectivity index (χ0) is 32.1. The molecule has 0 atom stereocenters. The molecule has 4 aromatic carbocycles. The highest BCUT2D eigenvalue weighted by molar-refractivity contribution is 6.16. The number of ether oxygens (including phenoxy) is 1. The van der Waals surface area contributed by atoms with Crippen molar-refractivity contribution in [2.24, 2.45) is 23.3 Å². The summed E-state index contributed by atoms with van der Waals surface area (Å²) in [7, 11) is 1.94. The van der Waals surface area contributed by atoms with Crippen molar-refractivity contribution in [3.05, 3.63) is 76.9 Å². The van der Waals surface area contributed by atoms with E-state index < -0.39 is 0 Å². The fourth-order valence-corrected chi connectivity index (χ4v) is 6.92. The van der Waals surface area contributed by atoms with Crippen LogP contribution in [0.2, 0.25) is 0 Å².